The Balaban J connectivity index is 1.76. The van der Waals surface area contributed by atoms with Crippen molar-refractivity contribution in [2.75, 3.05) is 0 Å². The molecule has 0 heterocycles. The van der Waals surface area contributed by atoms with Crippen LogP contribution in [-0.2, 0) is 14.4 Å². The summed E-state index contributed by atoms with van der Waals surface area (Å²) in [7, 11) is 0. The van der Waals surface area contributed by atoms with Gasteiger partial charge in [-0.05, 0) is 57.2 Å². The number of hydrogen-bond acceptors (Lipinski definition) is 7. The average Bonchev–Trinajstić information content (AvgIpc) is 2.78. The van der Waals surface area contributed by atoms with Gasteiger partial charge >= 0.3 is 17.9 Å². The number of ether oxygens (including phenoxy) is 3. The maximum atomic E-state index is 12.9. The van der Waals surface area contributed by atoms with Crippen molar-refractivity contribution in [3.8, 4) is 17.2 Å². The van der Waals surface area contributed by atoms with Crippen LogP contribution in [0.15, 0.2) is 72.8 Å². The minimum absolute atomic E-state index is 0.160. The zero-order valence-electron chi connectivity index (χ0n) is 19.2. The van der Waals surface area contributed by atoms with Crippen LogP contribution in [0.3, 0.4) is 0 Å². The Kier molecular flexibility index (Phi) is 7.81. The Hall–Kier alpha value is -3.97. The lowest BCUT2D eigenvalue weighted by Crippen LogP contribution is -2.46. The van der Waals surface area contributed by atoms with Crippen LogP contribution in [0.25, 0.3) is 0 Å². The molecule has 0 aliphatic rings. The van der Waals surface area contributed by atoms with Crippen molar-refractivity contribution in [3.05, 3.63) is 89.5 Å². The molecule has 176 valence electrons. The third-order valence-corrected chi connectivity index (χ3v) is 4.99. The molecule has 0 bridgehead atoms. The molecule has 1 N–H and O–H groups in total. The molecular weight excluding hydrogens is 436 g/mol. The summed E-state index contributed by atoms with van der Waals surface area (Å²) in [4.78, 5) is 38.0. The zero-order chi connectivity index (χ0) is 24.7. The van der Waals surface area contributed by atoms with Crippen LogP contribution in [0.5, 0.6) is 17.2 Å². The van der Waals surface area contributed by atoms with E-state index in [9.17, 15) is 19.5 Å². The van der Waals surface area contributed by atoms with E-state index < -0.39 is 36.4 Å². The van der Waals surface area contributed by atoms with Crippen LogP contribution >= 0.6 is 0 Å². The molecule has 34 heavy (non-hydrogen) atoms. The van der Waals surface area contributed by atoms with E-state index in [-0.39, 0.29) is 17.2 Å². The maximum Gasteiger partial charge on any atom is 0.344 e. The van der Waals surface area contributed by atoms with Crippen molar-refractivity contribution >= 4 is 17.9 Å². The Morgan fingerprint density at radius 1 is 0.588 bits per heavy atom. The fourth-order valence-corrected chi connectivity index (χ4v) is 3.04. The molecule has 0 aliphatic heterocycles. The van der Waals surface area contributed by atoms with Crippen LogP contribution in [0.4, 0.5) is 0 Å². The highest BCUT2D eigenvalue weighted by Crippen LogP contribution is 2.24. The van der Waals surface area contributed by atoms with Gasteiger partial charge in [0.05, 0.1) is 12.8 Å². The molecule has 0 spiro atoms. The minimum atomic E-state index is -2.51. The first kappa shape index (κ1) is 24.7. The third kappa shape index (κ3) is 7.02. The van der Waals surface area contributed by atoms with Crippen molar-refractivity contribution < 1.29 is 33.7 Å². The molecule has 0 fully saturated rings. The van der Waals surface area contributed by atoms with E-state index >= 15 is 0 Å². The smallest absolute Gasteiger partial charge is 0.344 e. The van der Waals surface area contributed by atoms with E-state index in [1.54, 1.807) is 72.8 Å². The van der Waals surface area contributed by atoms with Crippen molar-refractivity contribution in [1.29, 1.82) is 0 Å². The second-order valence-corrected chi connectivity index (χ2v) is 8.16. The van der Waals surface area contributed by atoms with Crippen LogP contribution < -0.4 is 14.2 Å². The molecule has 3 aromatic carbocycles. The number of carbonyl (C=O) groups excluding carboxylic acids is 3. The summed E-state index contributed by atoms with van der Waals surface area (Å²) in [5, 5.41) is 11.1. The lowest BCUT2D eigenvalue weighted by Gasteiger charge is -2.24. The molecule has 0 saturated carbocycles. The van der Waals surface area contributed by atoms with Gasteiger partial charge in [0.15, 0.2) is 5.60 Å². The number of aliphatic hydroxyl groups is 1. The maximum absolute atomic E-state index is 12.9. The highest BCUT2D eigenvalue weighted by molar-refractivity contribution is 5.92. The second kappa shape index (κ2) is 10.8. The Morgan fingerprint density at radius 2 is 0.882 bits per heavy atom. The van der Waals surface area contributed by atoms with E-state index in [0.717, 1.165) is 16.7 Å². The summed E-state index contributed by atoms with van der Waals surface area (Å²) in [5.41, 5.74) is 0.376. The number of hydrogen-bond donors (Lipinski definition) is 1. The molecule has 0 aromatic heterocycles. The number of benzene rings is 3. The standard InChI is InChI=1S/C27H26O7/c1-18-4-10-21(11-5-18)32-24(28)16-27(31,26(30)34-23-14-8-20(3)9-15-23)17-25(29)33-22-12-6-19(2)7-13-22/h4-15,31H,16-17H2,1-3H3. The normalized spacial score (nSPS) is 10.9. The molecule has 3 rings (SSSR count). The number of aryl methyl sites for hydroxylation is 3. The predicted molar refractivity (Wildman–Crippen MR) is 125 cm³/mol. The molecule has 0 radical (unpaired) electrons. The highest BCUT2D eigenvalue weighted by atomic mass is 16.6. The lowest BCUT2D eigenvalue weighted by molar-refractivity contribution is -0.166. The van der Waals surface area contributed by atoms with Crippen molar-refractivity contribution in [2.24, 2.45) is 0 Å². The Morgan fingerprint density at radius 3 is 1.21 bits per heavy atom. The summed E-state index contributed by atoms with van der Waals surface area (Å²) in [6.07, 6.45) is -1.62. The Labute approximate surface area is 197 Å². The van der Waals surface area contributed by atoms with Gasteiger partial charge in [0, 0.05) is 0 Å². The topological polar surface area (TPSA) is 99.1 Å². The molecule has 0 unspecified atom stereocenters. The summed E-state index contributed by atoms with van der Waals surface area (Å²) < 4.78 is 15.7. The molecule has 3 aromatic rings. The van der Waals surface area contributed by atoms with Gasteiger partial charge in [-0.3, -0.25) is 9.59 Å². The minimum Gasteiger partial charge on any atom is -0.426 e. The zero-order valence-corrected chi connectivity index (χ0v) is 19.2. The number of rotatable bonds is 8. The third-order valence-electron chi connectivity index (χ3n) is 4.99. The van der Waals surface area contributed by atoms with Gasteiger partial charge in [-0.2, -0.15) is 0 Å². The van der Waals surface area contributed by atoms with Gasteiger partial charge in [-0.1, -0.05) is 53.1 Å². The van der Waals surface area contributed by atoms with Gasteiger partial charge in [0.2, 0.25) is 0 Å². The van der Waals surface area contributed by atoms with Crippen LogP contribution in [0.2, 0.25) is 0 Å². The largest absolute Gasteiger partial charge is 0.426 e. The van der Waals surface area contributed by atoms with Gasteiger partial charge in [0.25, 0.3) is 0 Å². The molecule has 7 heteroatoms. The summed E-state index contributed by atoms with van der Waals surface area (Å²) in [6, 6.07) is 19.9. The van der Waals surface area contributed by atoms with Gasteiger partial charge < -0.3 is 19.3 Å². The molecule has 0 atom stereocenters. The number of esters is 3. The van der Waals surface area contributed by atoms with Crippen molar-refractivity contribution in [1.82, 2.24) is 0 Å². The quantitative estimate of drug-likeness (QED) is 0.395. The van der Waals surface area contributed by atoms with Crippen LogP contribution in [0.1, 0.15) is 29.5 Å². The van der Waals surface area contributed by atoms with Gasteiger partial charge in [-0.25, -0.2) is 4.79 Å². The second-order valence-electron chi connectivity index (χ2n) is 8.16. The first-order chi connectivity index (χ1) is 16.1. The summed E-state index contributed by atoms with van der Waals surface area (Å²) in [5.74, 6) is -2.34. The van der Waals surface area contributed by atoms with Gasteiger partial charge in [0.1, 0.15) is 17.2 Å². The van der Waals surface area contributed by atoms with Crippen LogP contribution in [0, 0.1) is 20.8 Å². The van der Waals surface area contributed by atoms with Crippen molar-refractivity contribution in [2.45, 2.75) is 39.2 Å². The molecule has 0 aliphatic carbocycles. The van der Waals surface area contributed by atoms with Crippen LogP contribution in [-0.4, -0.2) is 28.6 Å². The monoisotopic (exact) mass is 462 g/mol. The highest BCUT2D eigenvalue weighted by Gasteiger charge is 2.44. The SMILES string of the molecule is Cc1ccc(OC(=O)CC(O)(CC(=O)Oc2ccc(C)cc2)C(=O)Oc2ccc(C)cc2)cc1. The molecule has 7 nitrogen and oxygen atoms in total. The fourth-order valence-electron chi connectivity index (χ4n) is 3.04. The van der Waals surface area contributed by atoms with E-state index in [1.807, 2.05) is 20.8 Å². The molecule has 0 amide bonds. The molecular formula is C27H26O7. The fraction of sp³-hybridized carbons (Fsp3) is 0.222. The van der Waals surface area contributed by atoms with E-state index in [0.29, 0.717) is 0 Å². The first-order valence-electron chi connectivity index (χ1n) is 10.7. The molecule has 0 saturated heterocycles. The summed E-state index contributed by atoms with van der Waals surface area (Å²) in [6.45, 7) is 5.63. The van der Waals surface area contributed by atoms with E-state index in [4.69, 9.17) is 14.2 Å². The van der Waals surface area contributed by atoms with E-state index in [1.165, 1.54) is 0 Å². The number of carbonyl (C=O) groups is 3. The predicted octanol–water partition coefficient (Wildman–Crippen LogP) is 4.24. The van der Waals surface area contributed by atoms with Gasteiger partial charge in [-0.15, -0.1) is 0 Å². The summed E-state index contributed by atoms with van der Waals surface area (Å²) >= 11 is 0. The average molecular weight is 462 g/mol. The van der Waals surface area contributed by atoms with E-state index in [2.05, 4.69) is 0 Å². The van der Waals surface area contributed by atoms with Crippen molar-refractivity contribution in [3.63, 3.8) is 0 Å². The first-order valence-corrected chi connectivity index (χ1v) is 10.7. The lowest BCUT2D eigenvalue weighted by atomic mass is 9.95. The Bertz CT molecular complexity index is 1090.